The lowest BCUT2D eigenvalue weighted by Gasteiger charge is -2.27. The molecule has 53 heavy (non-hydrogen) atoms. The molecule has 0 amide bonds. The lowest BCUT2D eigenvalue weighted by molar-refractivity contribution is 0.601. The minimum absolute atomic E-state index is 0.0854. The van der Waals surface area contributed by atoms with Gasteiger partial charge in [0.1, 0.15) is 0 Å². The van der Waals surface area contributed by atoms with Crippen LogP contribution in [0, 0.1) is 0 Å². The molecule has 10 rings (SSSR count). The van der Waals surface area contributed by atoms with E-state index < -0.39 is 0 Å². The van der Waals surface area contributed by atoms with Crippen LogP contribution in [0.2, 0.25) is 0 Å². The van der Waals surface area contributed by atoms with Crippen molar-refractivity contribution < 1.29 is 0 Å². The lowest BCUT2D eigenvalue weighted by Crippen LogP contribution is -2.15. The number of hydrogen-bond donors (Lipinski definition) is 0. The molecule has 0 saturated heterocycles. The molecule has 0 nitrogen and oxygen atoms in total. The maximum absolute atomic E-state index is 2.51. The molecule has 0 aliphatic heterocycles. The Hall–Kier alpha value is -5.98. The van der Waals surface area contributed by atoms with Crippen molar-refractivity contribution in [1.29, 1.82) is 0 Å². The van der Waals surface area contributed by atoms with Crippen LogP contribution in [0.25, 0.3) is 87.6 Å². The van der Waals surface area contributed by atoms with E-state index in [1.54, 1.807) is 0 Å². The highest BCUT2D eigenvalue weighted by atomic mass is 14.4. The van der Waals surface area contributed by atoms with Crippen LogP contribution >= 0.6 is 0 Å². The van der Waals surface area contributed by atoms with Gasteiger partial charge < -0.3 is 0 Å². The maximum Gasteiger partial charge on any atom is 0.0159 e. The predicted molar refractivity (Wildman–Crippen MR) is 229 cm³/mol. The Morgan fingerprint density at radius 3 is 1.57 bits per heavy atom. The van der Waals surface area contributed by atoms with Crippen LogP contribution in [0.15, 0.2) is 164 Å². The summed E-state index contributed by atoms with van der Waals surface area (Å²) in [5, 5.41) is 10.4. The Kier molecular flexibility index (Phi) is 6.89. The van der Waals surface area contributed by atoms with Gasteiger partial charge >= 0.3 is 0 Å². The van der Waals surface area contributed by atoms with E-state index in [1.807, 2.05) is 0 Å². The van der Waals surface area contributed by atoms with Crippen molar-refractivity contribution >= 4 is 43.1 Å². The minimum Gasteiger partial charge on any atom is -0.0622 e. The zero-order valence-corrected chi connectivity index (χ0v) is 31.1. The molecule has 1 aliphatic rings. The van der Waals surface area contributed by atoms with Crippen LogP contribution in [-0.4, -0.2) is 0 Å². The van der Waals surface area contributed by atoms with Crippen molar-refractivity contribution in [3.05, 3.63) is 180 Å². The van der Waals surface area contributed by atoms with Crippen LogP contribution in [-0.2, 0) is 10.8 Å². The van der Waals surface area contributed by atoms with E-state index in [9.17, 15) is 0 Å². The molecular weight excluding hydrogens is 637 g/mol. The average Bonchev–Trinajstić information content (AvgIpc) is 3.41. The van der Waals surface area contributed by atoms with Crippen molar-refractivity contribution in [1.82, 2.24) is 0 Å². The molecular formula is C53H42. The second-order valence-electron chi connectivity index (χ2n) is 16.4. The predicted octanol–water partition coefficient (Wildman–Crippen LogP) is 14.9. The molecule has 0 spiro atoms. The van der Waals surface area contributed by atoms with E-state index in [4.69, 9.17) is 0 Å². The summed E-state index contributed by atoms with van der Waals surface area (Å²) in [6, 6.07) is 61.4. The van der Waals surface area contributed by atoms with Gasteiger partial charge in [0.25, 0.3) is 0 Å². The zero-order chi connectivity index (χ0) is 36.1. The number of fused-ring (bicyclic) bond motifs is 8. The summed E-state index contributed by atoms with van der Waals surface area (Å²) in [7, 11) is 0. The molecule has 0 aromatic heterocycles. The molecule has 0 N–H and O–H groups in total. The second kappa shape index (κ2) is 11.5. The summed E-state index contributed by atoms with van der Waals surface area (Å²) in [5.74, 6) is 0. The van der Waals surface area contributed by atoms with Crippen molar-refractivity contribution in [3.63, 3.8) is 0 Å². The molecule has 0 atom stereocenters. The first-order valence-corrected chi connectivity index (χ1v) is 18.9. The Morgan fingerprint density at radius 1 is 0.340 bits per heavy atom. The average molecular weight is 679 g/mol. The summed E-state index contributed by atoms with van der Waals surface area (Å²) in [6.45, 7) is 11.9. The van der Waals surface area contributed by atoms with Gasteiger partial charge in [-0.3, -0.25) is 0 Å². The molecule has 0 saturated carbocycles. The van der Waals surface area contributed by atoms with E-state index in [0.29, 0.717) is 0 Å². The van der Waals surface area contributed by atoms with Gasteiger partial charge in [-0.2, -0.15) is 0 Å². The molecule has 0 radical (unpaired) electrons. The van der Waals surface area contributed by atoms with E-state index in [-0.39, 0.29) is 10.8 Å². The third-order valence-corrected chi connectivity index (χ3v) is 12.0. The van der Waals surface area contributed by atoms with Crippen molar-refractivity contribution in [2.45, 2.75) is 45.4 Å². The molecule has 0 bridgehead atoms. The van der Waals surface area contributed by atoms with E-state index in [1.165, 1.54) is 104 Å². The number of hydrogen-bond acceptors (Lipinski definition) is 0. The molecule has 0 heterocycles. The Labute approximate surface area is 312 Å². The monoisotopic (exact) mass is 678 g/mol. The standard InChI is InChI=1S/C53H42/c1-52(2,3)51-43-24-14-13-23-40(43)49(41-30-29-35(33-17-7-6-8-18-33)36-19-9-10-20-37(36)41)42-28-27-34(31-46(42)51)45-32-48-50(39-22-12-11-21-38(39)45)44-25-15-16-26-47(44)53(48,4)5/h6-32H,1-5H3. The Morgan fingerprint density at radius 2 is 0.868 bits per heavy atom. The fraction of sp³-hybridized carbons (Fsp3) is 0.132. The first-order valence-electron chi connectivity index (χ1n) is 18.9. The van der Waals surface area contributed by atoms with Crippen molar-refractivity contribution in [2.24, 2.45) is 0 Å². The topological polar surface area (TPSA) is 0 Å². The largest absolute Gasteiger partial charge is 0.0622 e. The van der Waals surface area contributed by atoms with Crippen molar-refractivity contribution in [3.8, 4) is 44.5 Å². The SMILES string of the molecule is CC(C)(C)c1c2ccccc2c(-c2ccc(-c3ccccc3)c3ccccc23)c2ccc(-c3cc4c(c5ccccc35)-c3ccccc3C4(C)C)cc12. The van der Waals surface area contributed by atoms with Crippen LogP contribution in [0.1, 0.15) is 51.3 Å². The summed E-state index contributed by atoms with van der Waals surface area (Å²) >= 11 is 0. The van der Waals surface area contributed by atoms with Gasteiger partial charge in [-0.15, -0.1) is 0 Å². The summed E-state index contributed by atoms with van der Waals surface area (Å²) < 4.78 is 0. The van der Waals surface area contributed by atoms with Gasteiger partial charge in [-0.05, 0) is 122 Å². The van der Waals surface area contributed by atoms with Gasteiger partial charge in [0.2, 0.25) is 0 Å². The molecule has 0 heteroatoms. The first-order chi connectivity index (χ1) is 25.7. The second-order valence-corrected chi connectivity index (χ2v) is 16.4. The van der Waals surface area contributed by atoms with Crippen LogP contribution in [0.3, 0.4) is 0 Å². The van der Waals surface area contributed by atoms with Crippen LogP contribution in [0.5, 0.6) is 0 Å². The highest BCUT2D eigenvalue weighted by molar-refractivity contribution is 6.21. The van der Waals surface area contributed by atoms with Crippen LogP contribution < -0.4 is 0 Å². The molecule has 254 valence electrons. The number of benzene rings is 9. The summed E-state index contributed by atoms with van der Waals surface area (Å²) in [4.78, 5) is 0. The van der Waals surface area contributed by atoms with Gasteiger partial charge in [0.15, 0.2) is 0 Å². The fourth-order valence-electron chi connectivity index (χ4n) is 9.62. The molecule has 0 fully saturated rings. The minimum atomic E-state index is -0.0888. The smallest absolute Gasteiger partial charge is 0.0159 e. The third-order valence-electron chi connectivity index (χ3n) is 12.0. The zero-order valence-electron chi connectivity index (χ0n) is 31.1. The Balaban J connectivity index is 1.29. The quantitative estimate of drug-likeness (QED) is 0.163. The normalized spacial score (nSPS) is 13.5. The van der Waals surface area contributed by atoms with Gasteiger partial charge in [-0.1, -0.05) is 186 Å². The number of rotatable bonds is 3. The maximum atomic E-state index is 2.51. The van der Waals surface area contributed by atoms with Crippen LogP contribution in [0.4, 0.5) is 0 Å². The fourth-order valence-corrected chi connectivity index (χ4v) is 9.62. The summed E-state index contributed by atoms with van der Waals surface area (Å²) in [6.07, 6.45) is 0. The third kappa shape index (κ3) is 4.68. The van der Waals surface area contributed by atoms with E-state index in [0.717, 1.165) is 0 Å². The lowest BCUT2D eigenvalue weighted by atomic mass is 9.76. The Bertz CT molecular complexity index is 2930. The van der Waals surface area contributed by atoms with Crippen molar-refractivity contribution in [2.75, 3.05) is 0 Å². The molecule has 0 unspecified atom stereocenters. The summed E-state index contributed by atoms with van der Waals surface area (Å²) in [5.41, 5.74) is 14.5. The van der Waals surface area contributed by atoms with Gasteiger partial charge in [-0.25, -0.2) is 0 Å². The van der Waals surface area contributed by atoms with Gasteiger partial charge in [0.05, 0.1) is 0 Å². The molecule has 1 aliphatic carbocycles. The highest BCUT2D eigenvalue weighted by Crippen LogP contribution is 2.54. The van der Waals surface area contributed by atoms with E-state index in [2.05, 4.69) is 198 Å². The molecule has 9 aromatic carbocycles. The highest BCUT2D eigenvalue weighted by Gasteiger charge is 2.37. The first kappa shape index (κ1) is 31.7. The van der Waals surface area contributed by atoms with Gasteiger partial charge in [0, 0.05) is 5.41 Å². The molecule has 9 aromatic rings. The van der Waals surface area contributed by atoms with E-state index >= 15 is 0 Å².